The molecule has 0 unspecified atom stereocenters. The highest BCUT2D eigenvalue weighted by Crippen LogP contribution is 2.19. The van der Waals surface area contributed by atoms with Crippen LogP contribution in [0, 0.1) is 11.3 Å². The Balaban J connectivity index is 1.74. The van der Waals surface area contributed by atoms with E-state index in [9.17, 15) is 4.79 Å². The largest absolute Gasteiger partial charge is 0.355 e. The van der Waals surface area contributed by atoms with E-state index in [1.165, 1.54) is 0 Å². The van der Waals surface area contributed by atoms with Crippen LogP contribution < -0.4 is 10.6 Å². The fourth-order valence-corrected chi connectivity index (χ4v) is 2.59. The molecule has 0 aliphatic rings. The van der Waals surface area contributed by atoms with E-state index in [0.29, 0.717) is 16.9 Å². The predicted octanol–water partition coefficient (Wildman–Crippen LogP) is 4.71. The first kappa shape index (κ1) is 16.7. The summed E-state index contributed by atoms with van der Waals surface area (Å²) in [6.07, 6.45) is 1.57. The van der Waals surface area contributed by atoms with E-state index in [4.69, 9.17) is 5.26 Å². The maximum atomic E-state index is 12.4. The molecule has 0 aliphatic heterocycles. The van der Waals surface area contributed by atoms with Crippen molar-refractivity contribution in [2.45, 2.75) is 0 Å². The molecule has 0 saturated carbocycles. The number of amides is 1. The van der Waals surface area contributed by atoms with E-state index >= 15 is 0 Å². The van der Waals surface area contributed by atoms with Gasteiger partial charge in [0, 0.05) is 27.7 Å². The van der Waals surface area contributed by atoms with Crippen molar-refractivity contribution in [3.63, 3.8) is 0 Å². The third kappa shape index (κ3) is 4.43. The van der Waals surface area contributed by atoms with Crippen LogP contribution in [0.15, 0.2) is 71.3 Å². The number of hydrogen-bond acceptors (Lipinski definition) is 4. The second-order valence-electron chi connectivity index (χ2n) is 5.21. The van der Waals surface area contributed by atoms with Crippen LogP contribution >= 0.6 is 15.9 Å². The first-order chi connectivity index (χ1) is 12.1. The number of aromatic nitrogens is 1. The van der Waals surface area contributed by atoms with Gasteiger partial charge in [-0.15, -0.1) is 0 Å². The van der Waals surface area contributed by atoms with Gasteiger partial charge in [0.05, 0.1) is 11.6 Å². The molecule has 1 heterocycles. The van der Waals surface area contributed by atoms with E-state index in [-0.39, 0.29) is 5.91 Å². The highest BCUT2D eigenvalue weighted by molar-refractivity contribution is 9.10. The number of rotatable bonds is 4. The number of pyridine rings is 1. The highest BCUT2D eigenvalue weighted by Gasteiger charge is 2.09. The molecule has 1 amide bonds. The Morgan fingerprint density at radius 2 is 1.80 bits per heavy atom. The Kier molecular flexibility index (Phi) is 5.07. The monoisotopic (exact) mass is 392 g/mol. The van der Waals surface area contributed by atoms with Gasteiger partial charge in [0.15, 0.2) is 0 Å². The van der Waals surface area contributed by atoms with Gasteiger partial charge in [-0.05, 0) is 54.6 Å². The minimum Gasteiger partial charge on any atom is -0.355 e. The summed E-state index contributed by atoms with van der Waals surface area (Å²) in [6, 6.07) is 19.9. The summed E-state index contributed by atoms with van der Waals surface area (Å²) in [5.41, 5.74) is 3.14. The number of hydrogen-bond donors (Lipinski definition) is 2. The number of anilines is 3. The van der Waals surface area contributed by atoms with Crippen LogP contribution in [0.1, 0.15) is 16.1 Å². The minimum atomic E-state index is -0.290. The normalized spacial score (nSPS) is 9.92. The molecule has 0 bridgehead atoms. The van der Waals surface area contributed by atoms with Crippen LogP contribution in [-0.2, 0) is 0 Å². The first-order valence-corrected chi connectivity index (χ1v) is 8.23. The maximum Gasteiger partial charge on any atom is 0.274 e. The summed E-state index contributed by atoms with van der Waals surface area (Å²) in [4.78, 5) is 16.5. The van der Waals surface area contributed by atoms with Gasteiger partial charge in [-0.1, -0.05) is 22.0 Å². The molecule has 0 aliphatic carbocycles. The summed E-state index contributed by atoms with van der Waals surface area (Å²) in [6.45, 7) is 0. The van der Waals surface area contributed by atoms with Crippen molar-refractivity contribution >= 4 is 38.9 Å². The van der Waals surface area contributed by atoms with Gasteiger partial charge in [-0.25, -0.2) is 0 Å². The highest BCUT2D eigenvalue weighted by atomic mass is 79.9. The Bertz CT molecular complexity index is 948. The lowest BCUT2D eigenvalue weighted by atomic mass is 10.2. The molecule has 2 N–H and O–H groups in total. The zero-order valence-electron chi connectivity index (χ0n) is 13.0. The molecule has 122 valence electrons. The Morgan fingerprint density at radius 3 is 2.52 bits per heavy atom. The fraction of sp³-hybridized carbons (Fsp3) is 0. The summed E-state index contributed by atoms with van der Waals surface area (Å²) in [5, 5.41) is 14.8. The van der Waals surface area contributed by atoms with Crippen molar-refractivity contribution in [2.75, 3.05) is 10.6 Å². The molecule has 0 saturated heterocycles. The minimum absolute atomic E-state index is 0.290. The van der Waals surface area contributed by atoms with Gasteiger partial charge < -0.3 is 10.6 Å². The number of nitriles is 1. The van der Waals surface area contributed by atoms with E-state index in [2.05, 4.69) is 37.6 Å². The molecular formula is C19H13BrN4O. The maximum absolute atomic E-state index is 12.4. The quantitative estimate of drug-likeness (QED) is 0.673. The van der Waals surface area contributed by atoms with Crippen molar-refractivity contribution in [2.24, 2.45) is 0 Å². The molecule has 3 rings (SSSR count). The Morgan fingerprint density at radius 1 is 1.00 bits per heavy atom. The summed E-state index contributed by atoms with van der Waals surface area (Å²) in [7, 11) is 0. The molecule has 3 aromatic rings. The molecule has 2 aromatic carbocycles. The molecular weight excluding hydrogens is 380 g/mol. The standard InChI is InChI=1S/C19H13BrN4O/c20-14-2-1-3-16(10-14)24-19(25)18-11-17(8-9-22-18)23-15-6-4-13(12-21)5-7-15/h1-11H,(H,22,23)(H,24,25). The number of benzene rings is 2. The van der Waals surface area contributed by atoms with Crippen LogP contribution in [0.3, 0.4) is 0 Å². The van der Waals surface area contributed by atoms with Crippen molar-refractivity contribution in [3.8, 4) is 6.07 Å². The third-order valence-electron chi connectivity index (χ3n) is 3.38. The smallest absolute Gasteiger partial charge is 0.274 e. The van der Waals surface area contributed by atoms with Crippen LogP contribution in [-0.4, -0.2) is 10.9 Å². The van der Waals surface area contributed by atoms with Crippen LogP contribution in [0.5, 0.6) is 0 Å². The van der Waals surface area contributed by atoms with Gasteiger partial charge in [-0.3, -0.25) is 9.78 Å². The molecule has 6 heteroatoms. The van der Waals surface area contributed by atoms with Gasteiger partial charge in [0.25, 0.3) is 5.91 Å². The lowest BCUT2D eigenvalue weighted by Crippen LogP contribution is -2.13. The average Bonchev–Trinajstić information content (AvgIpc) is 2.62. The lowest BCUT2D eigenvalue weighted by molar-refractivity contribution is 0.102. The average molecular weight is 393 g/mol. The zero-order valence-corrected chi connectivity index (χ0v) is 14.6. The van der Waals surface area contributed by atoms with Crippen molar-refractivity contribution < 1.29 is 4.79 Å². The molecule has 0 spiro atoms. The van der Waals surface area contributed by atoms with Crippen molar-refractivity contribution in [1.29, 1.82) is 5.26 Å². The van der Waals surface area contributed by atoms with Crippen LogP contribution in [0.25, 0.3) is 0 Å². The van der Waals surface area contributed by atoms with Gasteiger partial charge in [-0.2, -0.15) is 5.26 Å². The summed E-state index contributed by atoms with van der Waals surface area (Å²) in [5.74, 6) is -0.290. The second-order valence-corrected chi connectivity index (χ2v) is 6.12. The molecule has 0 atom stereocenters. The van der Waals surface area contributed by atoms with Crippen LogP contribution in [0.2, 0.25) is 0 Å². The van der Waals surface area contributed by atoms with E-state index < -0.39 is 0 Å². The van der Waals surface area contributed by atoms with Gasteiger partial charge >= 0.3 is 0 Å². The number of nitrogens with zero attached hydrogens (tertiary/aromatic N) is 2. The third-order valence-corrected chi connectivity index (χ3v) is 3.87. The molecule has 0 fully saturated rings. The van der Waals surface area contributed by atoms with E-state index in [1.54, 1.807) is 42.6 Å². The van der Waals surface area contributed by atoms with Gasteiger partial charge in [0.1, 0.15) is 5.69 Å². The molecule has 1 aromatic heterocycles. The van der Waals surface area contributed by atoms with Crippen molar-refractivity contribution in [1.82, 2.24) is 4.98 Å². The fourth-order valence-electron chi connectivity index (χ4n) is 2.19. The molecule has 0 radical (unpaired) electrons. The predicted molar refractivity (Wildman–Crippen MR) is 101 cm³/mol. The van der Waals surface area contributed by atoms with E-state index in [1.807, 2.05) is 24.3 Å². The van der Waals surface area contributed by atoms with Crippen molar-refractivity contribution in [3.05, 3.63) is 82.6 Å². The zero-order chi connectivity index (χ0) is 17.6. The van der Waals surface area contributed by atoms with Gasteiger partial charge in [0.2, 0.25) is 0 Å². The lowest BCUT2D eigenvalue weighted by Gasteiger charge is -2.09. The number of nitrogens with one attached hydrogen (secondary N) is 2. The first-order valence-electron chi connectivity index (χ1n) is 7.44. The topological polar surface area (TPSA) is 77.8 Å². The number of carbonyl (C=O) groups excluding carboxylic acids is 1. The molecule has 25 heavy (non-hydrogen) atoms. The summed E-state index contributed by atoms with van der Waals surface area (Å²) >= 11 is 3.37. The Hall–Kier alpha value is -3.17. The van der Waals surface area contributed by atoms with Crippen LogP contribution in [0.4, 0.5) is 17.1 Å². The molecule has 5 nitrogen and oxygen atoms in total. The Labute approximate surface area is 153 Å². The van der Waals surface area contributed by atoms with E-state index in [0.717, 1.165) is 15.8 Å². The number of carbonyl (C=O) groups is 1. The SMILES string of the molecule is N#Cc1ccc(Nc2ccnc(C(=O)Nc3cccc(Br)c3)c2)cc1. The second kappa shape index (κ2) is 7.60. The number of halogens is 1. The summed E-state index contributed by atoms with van der Waals surface area (Å²) < 4.78 is 0.884.